The molecule has 150 valence electrons. The molecule has 7 heteroatoms. The maximum atomic E-state index is 12.8. The van der Waals surface area contributed by atoms with Crippen LogP contribution in [-0.2, 0) is 14.8 Å². The third-order valence-electron chi connectivity index (χ3n) is 4.87. The lowest BCUT2D eigenvalue weighted by atomic mass is 9.94. The van der Waals surface area contributed by atoms with E-state index in [-0.39, 0.29) is 12.1 Å². The molecule has 2 aromatic rings. The summed E-state index contributed by atoms with van der Waals surface area (Å²) in [6.07, 6.45) is 1.88. The summed E-state index contributed by atoms with van der Waals surface area (Å²) in [7, 11) is -3.62. The number of aryl methyl sites for hydroxylation is 2. The number of para-hydroxylation sites is 1. The minimum atomic E-state index is -3.62. The Labute approximate surface area is 166 Å². The van der Waals surface area contributed by atoms with Gasteiger partial charge in [0.15, 0.2) is 0 Å². The molecular weight excluding hydrogens is 376 g/mol. The molecule has 0 spiro atoms. The highest BCUT2D eigenvalue weighted by atomic mass is 32.2. The van der Waals surface area contributed by atoms with Crippen LogP contribution in [-0.4, -0.2) is 26.7 Å². The SMILES string of the molecule is Cc1ccc(C)c(S(=O)(=O)NC2CCCC(OC(=O)Nc3ccccc3)C2)c1. The van der Waals surface area contributed by atoms with Gasteiger partial charge in [0.2, 0.25) is 10.0 Å². The molecule has 0 aliphatic heterocycles. The molecule has 0 aromatic heterocycles. The Morgan fingerprint density at radius 2 is 1.82 bits per heavy atom. The number of rotatable bonds is 5. The second-order valence-corrected chi connectivity index (χ2v) is 8.95. The summed E-state index contributed by atoms with van der Waals surface area (Å²) >= 11 is 0. The van der Waals surface area contributed by atoms with E-state index >= 15 is 0 Å². The van der Waals surface area contributed by atoms with Crippen molar-refractivity contribution in [3.05, 3.63) is 59.7 Å². The third kappa shape index (κ3) is 5.33. The minimum Gasteiger partial charge on any atom is -0.446 e. The van der Waals surface area contributed by atoms with Crippen LogP contribution in [0.5, 0.6) is 0 Å². The topological polar surface area (TPSA) is 84.5 Å². The second kappa shape index (κ2) is 8.75. The lowest BCUT2D eigenvalue weighted by Crippen LogP contribution is -2.41. The number of ether oxygens (including phenoxy) is 1. The molecule has 0 radical (unpaired) electrons. The van der Waals surface area contributed by atoms with Gasteiger partial charge in [0.1, 0.15) is 6.10 Å². The highest BCUT2D eigenvalue weighted by molar-refractivity contribution is 7.89. The van der Waals surface area contributed by atoms with Crippen LogP contribution in [0.1, 0.15) is 36.8 Å². The average molecular weight is 403 g/mol. The lowest BCUT2D eigenvalue weighted by Gasteiger charge is -2.29. The Balaban J connectivity index is 1.60. The van der Waals surface area contributed by atoms with Gasteiger partial charge in [-0.05, 0) is 62.4 Å². The number of anilines is 1. The van der Waals surface area contributed by atoms with Gasteiger partial charge < -0.3 is 4.74 Å². The standard InChI is InChI=1S/C21H26N2O4S/c1-15-11-12-16(2)20(13-15)28(25,26)23-18-9-6-10-19(14-18)27-21(24)22-17-7-4-3-5-8-17/h3-5,7-8,11-13,18-19,23H,6,9-10,14H2,1-2H3,(H,22,24). The molecule has 1 fully saturated rings. The molecule has 2 aromatic carbocycles. The van der Waals surface area contributed by atoms with Crippen molar-refractivity contribution in [3.63, 3.8) is 0 Å². The molecule has 2 atom stereocenters. The van der Waals surface area contributed by atoms with Gasteiger partial charge in [-0.25, -0.2) is 17.9 Å². The minimum absolute atomic E-state index is 0.256. The van der Waals surface area contributed by atoms with Crippen molar-refractivity contribution in [2.24, 2.45) is 0 Å². The van der Waals surface area contributed by atoms with Crippen molar-refractivity contribution < 1.29 is 17.9 Å². The fourth-order valence-electron chi connectivity index (χ4n) is 3.46. The molecule has 0 bridgehead atoms. The first kappa shape index (κ1) is 20.4. The van der Waals surface area contributed by atoms with Gasteiger partial charge in [-0.3, -0.25) is 5.32 Å². The number of hydrogen-bond acceptors (Lipinski definition) is 4. The predicted molar refractivity (Wildman–Crippen MR) is 109 cm³/mol. The zero-order chi connectivity index (χ0) is 20.1. The lowest BCUT2D eigenvalue weighted by molar-refractivity contribution is 0.0793. The first-order valence-corrected chi connectivity index (χ1v) is 10.9. The van der Waals surface area contributed by atoms with Crippen LogP contribution in [0.15, 0.2) is 53.4 Å². The number of carbonyl (C=O) groups is 1. The molecule has 0 heterocycles. The highest BCUT2D eigenvalue weighted by Gasteiger charge is 2.29. The summed E-state index contributed by atoms with van der Waals surface area (Å²) in [6, 6.07) is 14.2. The Kier molecular flexibility index (Phi) is 6.36. The van der Waals surface area contributed by atoms with Crippen LogP contribution in [0.3, 0.4) is 0 Å². The van der Waals surface area contributed by atoms with Crippen LogP contribution < -0.4 is 10.0 Å². The van der Waals surface area contributed by atoms with Gasteiger partial charge in [0, 0.05) is 18.2 Å². The van der Waals surface area contributed by atoms with Crippen molar-refractivity contribution >= 4 is 21.8 Å². The second-order valence-electron chi connectivity index (χ2n) is 7.27. The molecule has 2 N–H and O–H groups in total. The third-order valence-corrected chi connectivity index (χ3v) is 6.54. The van der Waals surface area contributed by atoms with E-state index in [0.29, 0.717) is 22.6 Å². The zero-order valence-electron chi connectivity index (χ0n) is 16.1. The van der Waals surface area contributed by atoms with E-state index in [2.05, 4.69) is 10.0 Å². The largest absolute Gasteiger partial charge is 0.446 e. The monoisotopic (exact) mass is 402 g/mol. The molecule has 2 unspecified atom stereocenters. The molecule has 1 saturated carbocycles. The summed E-state index contributed by atoms with van der Waals surface area (Å²) in [5, 5.41) is 2.69. The summed E-state index contributed by atoms with van der Waals surface area (Å²) < 4.78 is 33.9. The molecule has 1 aliphatic carbocycles. The Morgan fingerprint density at radius 1 is 1.07 bits per heavy atom. The summed E-state index contributed by atoms with van der Waals surface area (Å²) in [4.78, 5) is 12.4. The predicted octanol–water partition coefficient (Wildman–Crippen LogP) is 4.14. The molecular formula is C21H26N2O4S. The maximum absolute atomic E-state index is 12.8. The van der Waals surface area contributed by atoms with Crippen LogP contribution in [0.4, 0.5) is 10.5 Å². The number of hydrogen-bond donors (Lipinski definition) is 2. The van der Waals surface area contributed by atoms with E-state index in [1.807, 2.05) is 37.3 Å². The van der Waals surface area contributed by atoms with E-state index in [1.54, 1.807) is 25.1 Å². The molecule has 28 heavy (non-hydrogen) atoms. The van der Waals surface area contributed by atoms with E-state index in [0.717, 1.165) is 24.8 Å². The van der Waals surface area contributed by atoms with Crippen LogP contribution >= 0.6 is 0 Å². The fraction of sp³-hybridized carbons (Fsp3) is 0.381. The van der Waals surface area contributed by atoms with Gasteiger partial charge in [-0.15, -0.1) is 0 Å². The zero-order valence-corrected chi connectivity index (χ0v) is 17.0. The van der Waals surface area contributed by atoms with Crippen molar-refractivity contribution in [2.75, 3.05) is 5.32 Å². The van der Waals surface area contributed by atoms with Crippen LogP contribution in [0.25, 0.3) is 0 Å². The molecule has 0 saturated heterocycles. The van der Waals surface area contributed by atoms with E-state index in [4.69, 9.17) is 4.74 Å². The fourth-order valence-corrected chi connectivity index (χ4v) is 5.07. The van der Waals surface area contributed by atoms with Crippen molar-refractivity contribution in [3.8, 4) is 0 Å². The summed E-state index contributed by atoms with van der Waals surface area (Å²) in [5.41, 5.74) is 2.27. The van der Waals surface area contributed by atoms with Gasteiger partial charge in [0.05, 0.1) is 4.90 Å². The summed E-state index contributed by atoms with van der Waals surface area (Å²) in [6.45, 7) is 3.66. The maximum Gasteiger partial charge on any atom is 0.411 e. The molecule has 6 nitrogen and oxygen atoms in total. The number of nitrogens with one attached hydrogen (secondary N) is 2. The van der Waals surface area contributed by atoms with Gasteiger partial charge in [0.25, 0.3) is 0 Å². The van der Waals surface area contributed by atoms with Gasteiger partial charge in [-0.1, -0.05) is 30.3 Å². The molecule has 1 amide bonds. The van der Waals surface area contributed by atoms with Crippen LogP contribution in [0.2, 0.25) is 0 Å². The molecule has 1 aliphatic rings. The van der Waals surface area contributed by atoms with E-state index in [9.17, 15) is 13.2 Å². The van der Waals surface area contributed by atoms with Gasteiger partial charge in [-0.2, -0.15) is 0 Å². The number of amides is 1. The first-order chi connectivity index (χ1) is 13.3. The number of sulfonamides is 1. The normalized spacial score (nSPS) is 19.8. The van der Waals surface area contributed by atoms with E-state index in [1.165, 1.54) is 0 Å². The smallest absolute Gasteiger partial charge is 0.411 e. The highest BCUT2D eigenvalue weighted by Crippen LogP contribution is 2.24. The summed E-state index contributed by atoms with van der Waals surface area (Å²) in [5.74, 6) is 0. The number of benzene rings is 2. The Morgan fingerprint density at radius 3 is 2.57 bits per heavy atom. The van der Waals surface area contributed by atoms with Gasteiger partial charge >= 0.3 is 6.09 Å². The van der Waals surface area contributed by atoms with Crippen molar-refractivity contribution in [1.82, 2.24) is 4.72 Å². The Bertz CT molecular complexity index is 929. The van der Waals surface area contributed by atoms with Crippen LogP contribution in [0, 0.1) is 13.8 Å². The van der Waals surface area contributed by atoms with E-state index < -0.39 is 16.1 Å². The van der Waals surface area contributed by atoms with Crippen molar-refractivity contribution in [2.45, 2.75) is 56.6 Å². The molecule has 3 rings (SSSR count). The first-order valence-electron chi connectivity index (χ1n) is 9.46. The quantitative estimate of drug-likeness (QED) is 0.787. The Hall–Kier alpha value is -2.38. The average Bonchev–Trinajstić information content (AvgIpc) is 2.64. The number of carbonyl (C=O) groups excluding carboxylic acids is 1. The van der Waals surface area contributed by atoms with Crippen molar-refractivity contribution in [1.29, 1.82) is 0 Å².